The number of halogens is 1. The van der Waals surface area contributed by atoms with Crippen LogP contribution in [0.2, 0.25) is 5.02 Å². The number of aromatic nitrogens is 2. The second-order valence-corrected chi connectivity index (χ2v) is 6.43. The smallest absolute Gasteiger partial charge is 0.341 e. The highest BCUT2D eigenvalue weighted by atomic mass is 35.5. The molecule has 0 amide bonds. The Hall–Kier alpha value is -3.44. The number of pyridine rings is 2. The van der Waals surface area contributed by atoms with E-state index in [-0.39, 0.29) is 5.56 Å². The molecular formula is C21H13ClN2O3. The summed E-state index contributed by atoms with van der Waals surface area (Å²) in [5.41, 5.74) is 2.37. The second kappa shape index (κ2) is 6.70. The van der Waals surface area contributed by atoms with Crippen molar-refractivity contribution in [1.82, 2.24) is 9.55 Å². The van der Waals surface area contributed by atoms with Crippen LogP contribution < -0.4 is 5.43 Å². The molecule has 0 saturated heterocycles. The van der Waals surface area contributed by atoms with E-state index in [1.165, 1.54) is 6.20 Å². The number of carboxylic acid groups (broad SMARTS) is 1. The van der Waals surface area contributed by atoms with E-state index >= 15 is 0 Å². The van der Waals surface area contributed by atoms with Gasteiger partial charge in [0.25, 0.3) is 0 Å². The number of nitrogens with zero attached hydrogens (tertiary/aromatic N) is 2. The van der Waals surface area contributed by atoms with Crippen molar-refractivity contribution < 1.29 is 9.90 Å². The SMILES string of the molecule is O=C(O)c1cn(-c2ccc(Cl)cc2)c2cc(-c3ccncc3)ccc2c1=O. The number of hydrogen-bond acceptors (Lipinski definition) is 3. The largest absolute Gasteiger partial charge is 0.477 e. The molecule has 4 aromatic rings. The minimum atomic E-state index is -1.26. The van der Waals surface area contributed by atoms with Gasteiger partial charge < -0.3 is 9.67 Å². The van der Waals surface area contributed by atoms with E-state index in [2.05, 4.69) is 4.98 Å². The molecule has 0 radical (unpaired) electrons. The third-order valence-electron chi connectivity index (χ3n) is 4.35. The van der Waals surface area contributed by atoms with Gasteiger partial charge in [0.15, 0.2) is 0 Å². The van der Waals surface area contributed by atoms with Gasteiger partial charge in [0.1, 0.15) is 5.56 Å². The van der Waals surface area contributed by atoms with E-state index < -0.39 is 11.4 Å². The fourth-order valence-corrected chi connectivity index (χ4v) is 3.14. The molecule has 0 aliphatic heterocycles. The van der Waals surface area contributed by atoms with Crippen LogP contribution in [-0.4, -0.2) is 20.6 Å². The van der Waals surface area contributed by atoms with Crippen LogP contribution in [0.25, 0.3) is 27.7 Å². The number of rotatable bonds is 3. The average Bonchev–Trinajstić information content (AvgIpc) is 2.69. The van der Waals surface area contributed by atoms with Crippen LogP contribution in [0.3, 0.4) is 0 Å². The first-order valence-electron chi connectivity index (χ1n) is 8.13. The summed E-state index contributed by atoms with van der Waals surface area (Å²) in [7, 11) is 0. The third-order valence-corrected chi connectivity index (χ3v) is 4.61. The molecule has 132 valence electrons. The topological polar surface area (TPSA) is 72.2 Å². The number of hydrogen-bond donors (Lipinski definition) is 1. The van der Waals surface area contributed by atoms with Crippen LogP contribution in [-0.2, 0) is 0 Å². The first-order valence-corrected chi connectivity index (χ1v) is 8.51. The van der Waals surface area contributed by atoms with Crippen LogP contribution in [0.15, 0.2) is 78.0 Å². The zero-order valence-electron chi connectivity index (χ0n) is 14.0. The van der Waals surface area contributed by atoms with Gasteiger partial charge in [-0.2, -0.15) is 0 Å². The van der Waals surface area contributed by atoms with Crippen molar-refractivity contribution in [2.45, 2.75) is 0 Å². The maximum atomic E-state index is 12.6. The molecule has 5 nitrogen and oxygen atoms in total. The van der Waals surface area contributed by atoms with E-state index in [0.29, 0.717) is 21.6 Å². The Labute approximate surface area is 159 Å². The molecule has 2 heterocycles. The molecule has 0 atom stereocenters. The molecule has 0 saturated carbocycles. The van der Waals surface area contributed by atoms with Crippen molar-refractivity contribution in [3.63, 3.8) is 0 Å². The van der Waals surface area contributed by atoms with Crippen LogP contribution in [0, 0.1) is 0 Å². The van der Waals surface area contributed by atoms with Gasteiger partial charge >= 0.3 is 5.97 Å². The van der Waals surface area contributed by atoms with Crippen molar-refractivity contribution in [1.29, 1.82) is 0 Å². The van der Waals surface area contributed by atoms with Crippen LogP contribution in [0.5, 0.6) is 0 Å². The summed E-state index contributed by atoms with van der Waals surface area (Å²) in [6.45, 7) is 0. The molecule has 27 heavy (non-hydrogen) atoms. The number of aromatic carboxylic acids is 1. The highest BCUT2D eigenvalue weighted by Gasteiger charge is 2.16. The maximum Gasteiger partial charge on any atom is 0.341 e. The first-order chi connectivity index (χ1) is 13.0. The second-order valence-electron chi connectivity index (χ2n) is 5.99. The summed E-state index contributed by atoms with van der Waals surface area (Å²) in [6, 6.07) is 16.1. The summed E-state index contributed by atoms with van der Waals surface area (Å²) < 4.78 is 1.70. The quantitative estimate of drug-likeness (QED) is 0.575. The monoisotopic (exact) mass is 376 g/mol. The standard InChI is InChI=1S/C21H13ClN2O3/c22-15-2-4-16(5-3-15)24-12-18(21(26)27)20(25)17-6-1-14(11-19(17)24)13-7-9-23-10-8-13/h1-12H,(H,26,27). The Morgan fingerprint density at radius 2 is 1.67 bits per heavy atom. The molecule has 0 unspecified atom stereocenters. The molecule has 0 bridgehead atoms. The van der Waals surface area contributed by atoms with Gasteiger partial charge in [-0.05, 0) is 59.7 Å². The van der Waals surface area contributed by atoms with E-state index in [0.717, 1.165) is 11.1 Å². The summed E-state index contributed by atoms with van der Waals surface area (Å²) in [4.78, 5) is 28.2. The average molecular weight is 377 g/mol. The van der Waals surface area contributed by atoms with E-state index in [1.807, 2.05) is 18.2 Å². The van der Waals surface area contributed by atoms with Crippen LogP contribution in [0.4, 0.5) is 0 Å². The molecule has 4 rings (SSSR count). The fraction of sp³-hybridized carbons (Fsp3) is 0. The summed E-state index contributed by atoms with van der Waals surface area (Å²) in [5, 5.41) is 10.3. The van der Waals surface area contributed by atoms with E-state index in [9.17, 15) is 14.7 Å². The Bertz CT molecular complexity index is 1220. The summed E-state index contributed by atoms with van der Waals surface area (Å²) >= 11 is 5.97. The number of fused-ring (bicyclic) bond motifs is 1. The van der Waals surface area contributed by atoms with Crippen molar-refractivity contribution in [3.05, 3.63) is 94.0 Å². The predicted octanol–water partition coefficient (Wildman–Crippen LogP) is 4.40. The third kappa shape index (κ3) is 3.09. The Kier molecular flexibility index (Phi) is 4.22. The van der Waals surface area contributed by atoms with E-state index in [4.69, 9.17) is 11.6 Å². The summed E-state index contributed by atoms with van der Waals surface area (Å²) in [6.07, 6.45) is 4.74. The summed E-state index contributed by atoms with van der Waals surface area (Å²) in [5.74, 6) is -1.26. The normalized spacial score (nSPS) is 10.9. The molecule has 6 heteroatoms. The lowest BCUT2D eigenvalue weighted by Crippen LogP contribution is -2.18. The number of carbonyl (C=O) groups is 1. The van der Waals surface area contributed by atoms with E-state index in [1.54, 1.807) is 53.4 Å². The fourth-order valence-electron chi connectivity index (χ4n) is 3.02. The zero-order chi connectivity index (χ0) is 19.0. The lowest BCUT2D eigenvalue weighted by Gasteiger charge is -2.14. The van der Waals surface area contributed by atoms with Gasteiger partial charge in [-0.25, -0.2) is 4.79 Å². The Balaban J connectivity index is 2.06. The van der Waals surface area contributed by atoms with Crippen molar-refractivity contribution in [2.75, 3.05) is 0 Å². The van der Waals surface area contributed by atoms with Gasteiger partial charge in [-0.1, -0.05) is 17.7 Å². The molecule has 0 fully saturated rings. The zero-order valence-corrected chi connectivity index (χ0v) is 14.7. The lowest BCUT2D eigenvalue weighted by atomic mass is 10.0. The van der Waals surface area contributed by atoms with Crippen LogP contribution in [0.1, 0.15) is 10.4 Å². The highest BCUT2D eigenvalue weighted by Crippen LogP contribution is 2.25. The van der Waals surface area contributed by atoms with Crippen molar-refractivity contribution >= 4 is 28.5 Å². The number of benzene rings is 2. The predicted molar refractivity (Wildman–Crippen MR) is 105 cm³/mol. The minimum absolute atomic E-state index is 0.283. The Morgan fingerprint density at radius 1 is 0.963 bits per heavy atom. The molecular weight excluding hydrogens is 364 g/mol. The van der Waals surface area contributed by atoms with Gasteiger partial charge in [0.2, 0.25) is 5.43 Å². The maximum absolute atomic E-state index is 12.6. The van der Waals surface area contributed by atoms with Crippen molar-refractivity contribution in [2.24, 2.45) is 0 Å². The molecule has 2 aromatic heterocycles. The lowest BCUT2D eigenvalue weighted by molar-refractivity contribution is 0.0695. The molecule has 0 spiro atoms. The molecule has 2 aromatic carbocycles. The molecule has 0 aliphatic carbocycles. The van der Waals surface area contributed by atoms with Gasteiger partial charge in [0.05, 0.1) is 5.52 Å². The highest BCUT2D eigenvalue weighted by molar-refractivity contribution is 6.30. The van der Waals surface area contributed by atoms with Gasteiger partial charge in [-0.15, -0.1) is 0 Å². The van der Waals surface area contributed by atoms with Crippen LogP contribution >= 0.6 is 11.6 Å². The number of carboxylic acids is 1. The Morgan fingerprint density at radius 3 is 2.33 bits per heavy atom. The van der Waals surface area contributed by atoms with Crippen molar-refractivity contribution in [3.8, 4) is 16.8 Å². The first kappa shape index (κ1) is 17.0. The van der Waals surface area contributed by atoms with Gasteiger partial charge in [0, 0.05) is 34.7 Å². The van der Waals surface area contributed by atoms with Gasteiger partial charge in [-0.3, -0.25) is 9.78 Å². The molecule has 0 aliphatic rings. The minimum Gasteiger partial charge on any atom is -0.477 e. The molecule has 1 N–H and O–H groups in total.